The minimum Gasteiger partial charge on any atom is -0.478 e. The summed E-state index contributed by atoms with van der Waals surface area (Å²) in [4.78, 5) is 11.5. The van der Waals surface area contributed by atoms with E-state index in [0.29, 0.717) is 35.2 Å². The van der Waals surface area contributed by atoms with Crippen LogP contribution in [0.2, 0.25) is 0 Å². The van der Waals surface area contributed by atoms with Crippen LogP contribution in [-0.2, 0) is 6.54 Å². The van der Waals surface area contributed by atoms with Crippen LogP contribution >= 0.6 is 0 Å². The Morgan fingerprint density at radius 3 is 2.62 bits per heavy atom. The summed E-state index contributed by atoms with van der Waals surface area (Å²) in [5.74, 6) is 0.238. The first kappa shape index (κ1) is 15.6. The molecule has 2 N–H and O–H groups in total. The van der Waals surface area contributed by atoms with Gasteiger partial charge in [0, 0.05) is 11.4 Å². The van der Waals surface area contributed by atoms with Crippen LogP contribution in [0.15, 0.2) is 28.7 Å². The molecule has 0 spiro atoms. The van der Waals surface area contributed by atoms with Crippen molar-refractivity contribution >= 4 is 16.9 Å². The van der Waals surface area contributed by atoms with E-state index in [1.165, 1.54) is 0 Å². The zero-order chi connectivity index (χ0) is 15.4. The fraction of sp³-hybridized carbons (Fsp3) is 0.471. The lowest BCUT2D eigenvalue weighted by atomic mass is 10.0. The molecule has 114 valence electrons. The molecular weight excluding hydrogens is 266 g/mol. The second-order valence-corrected chi connectivity index (χ2v) is 5.95. The summed E-state index contributed by atoms with van der Waals surface area (Å²) in [5.41, 5.74) is 0.899. The van der Waals surface area contributed by atoms with Gasteiger partial charge in [-0.3, -0.25) is 0 Å². The second kappa shape index (κ2) is 6.76. The highest BCUT2D eigenvalue weighted by molar-refractivity contribution is 6.03. The fourth-order valence-corrected chi connectivity index (χ4v) is 2.41. The van der Waals surface area contributed by atoms with Crippen LogP contribution in [-0.4, -0.2) is 17.1 Å². The standard InChI is InChI=1S/C17H23NO3/c1-11(2)8-9-12(3)18-10-15-16(17(19)20)13-6-4-5-7-14(13)21-15/h4-7,11-12,18H,8-10H2,1-3H3,(H,19,20). The van der Waals surface area contributed by atoms with E-state index in [4.69, 9.17) is 4.42 Å². The Balaban J connectivity index is 2.11. The normalized spacial score (nSPS) is 13.0. The molecule has 1 heterocycles. The number of carboxylic acid groups (broad SMARTS) is 1. The highest BCUT2D eigenvalue weighted by Gasteiger charge is 2.20. The molecule has 0 aliphatic rings. The molecule has 0 fully saturated rings. The number of benzene rings is 1. The van der Waals surface area contributed by atoms with Gasteiger partial charge < -0.3 is 14.8 Å². The fourth-order valence-electron chi connectivity index (χ4n) is 2.41. The number of hydrogen-bond donors (Lipinski definition) is 2. The molecule has 0 aliphatic carbocycles. The van der Waals surface area contributed by atoms with E-state index in [0.717, 1.165) is 12.8 Å². The van der Waals surface area contributed by atoms with Crippen LogP contribution in [0.4, 0.5) is 0 Å². The van der Waals surface area contributed by atoms with Gasteiger partial charge in [-0.2, -0.15) is 0 Å². The van der Waals surface area contributed by atoms with Crippen LogP contribution < -0.4 is 5.32 Å². The van der Waals surface area contributed by atoms with Crippen molar-refractivity contribution in [2.45, 2.75) is 46.2 Å². The van der Waals surface area contributed by atoms with Crippen LogP contribution in [0, 0.1) is 5.92 Å². The number of aromatic carboxylic acids is 1. The van der Waals surface area contributed by atoms with Crippen molar-refractivity contribution in [1.82, 2.24) is 5.32 Å². The lowest BCUT2D eigenvalue weighted by molar-refractivity contribution is 0.0696. The molecule has 1 unspecified atom stereocenters. The summed E-state index contributed by atoms with van der Waals surface area (Å²) in [6.45, 7) is 6.96. The van der Waals surface area contributed by atoms with E-state index in [1.807, 2.05) is 12.1 Å². The van der Waals surface area contributed by atoms with Gasteiger partial charge in [-0.25, -0.2) is 4.79 Å². The van der Waals surface area contributed by atoms with E-state index in [2.05, 4.69) is 26.1 Å². The first-order valence-electron chi connectivity index (χ1n) is 7.46. The maximum atomic E-state index is 11.5. The third kappa shape index (κ3) is 3.85. The number of hydrogen-bond acceptors (Lipinski definition) is 3. The molecule has 4 nitrogen and oxygen atoms in total. The van der Waals surface area contributed by atoms with Gasteiger partial charge in [0.25, 0.3) is 0 Å². The Labute approximate surface area is 125 Å². The average molecular weight is 289 g/mol. The number of rotatable bonds is 7. The van der Waals surface area contributed by atoms with Crippen LogP contribution in [0.5, 0.6) is 0 Å². The first-order chi connectivity index (χ1) is 9.99. The van der Waals surface area contributed by atoms with E-state index >= 15 is 0 Å². The Hall–Kier alpha value is -1.81. The van der Waals surface area contributed by atoms with Crippen molar-refractivity contribution in [3.63, 3.8) is 0 Å². The molecule has 0 amide bonds. The Morgan fingerprint density at radius 1 is 1.24 bits per heavy atom. The van der Waals surface area contributed by atoms with Gasteiger partial charge in [0.05, 0.1) is 6.54 Å². The Morgan fingerprint density at radius 2 is 1.95 bits per heavy atom. The minimum atomic E-state index is -0.938. The summed E-state index contributed by atoms with van der Waals surface area (Å²) in [7, 11) is 0. The van der Waals surface area contributed by atoms with Crippen LogP contribution in [0.3, 0.4) is 0 Å². The maximum absolute atomic E-state index is 11.5. The maximum Gasteiger partial charge on any atom is 0.339 e. The number of carboxylic acids is 1. The van der Waals surface area contributed by atoms with Gasteiger partial charge >= 0.3 is 5.97 Å². The van der Waals surface area contributed by atoms with Crippen molar-refractivity contribution in [2.24, 2.45) is 5.92 Å². The first-order valence-corrected chi connectivity index (χ1v) is 7.46. The molecular formula is C17H23NO3. The highest BCUT2D eigenvalue weighted by Crippen LogP contribution is 2.26. The summed E-state index contributed by atoms with van der Waals surface area (Å²) >= 11 is 0. The van der Waals surface area contributed by atoms with Gasteiger partial charge in [0.2, 0.25) is 0 Å². The number of para-hydroxylation sites is 1. The summed E-state index contributed by atoms with van der Waals surface area (Å²) < 4.78 is 5.69. The van der Waals surface area contributed by atoms with Crippen molar-refractivity contribution in [2.75, 3.05) is 0 Å². The molecule has 0 aliphatic heterocycles. The molecule has 0 saturated heterocycles. The zero-order valence-corrected chi connectivity index (χ0v) is 12.8. The van der Waals surface area contributed by atoms with Gasteiger partial charge in [-0.05, 0) is 31.7 Å². The second-order valence-electron chi connectivity index (χ2n) is 5.95. The van der Waals surface area contributed by atoms with E-state index in [1.54, 1.807) is 12.1 Å². The van der Waals surface area contributed by atoms with Crippen molar-refractivity contribution < 1.29 is 14.3 Å². The molecule has 4 heteroatoms. The SMILES string of the molecule is CC(C)CCC(C)NCc1oc2ccccc2c1C(=O)O. The number of fused-ring (bicyclic) bond motifs is 1. The smallest absolute Gasteiger partial charge is 0.339 e. The summed E-state index contributed by atoms with van der Waals surface area (Å²) in [5, 5.41) is 13.4. The van der Waals surface area contributed by atoms with Gasteiger partial charge in [-0.15, -0.1) is 0 Å². The molecule has 1 aromatic heterocycles. The lowest BCUT2D eigenvalue weighted by Crippen LogP contribution is -2.26. The van der Waals surface area contributed by atoms with Crippen LogP contribution in [0.25, 0.3) is 11.0 Å². The molecule has 0 radical (unpaired) electrons. The zero-order valence-electron chi connectivity index (χ0n) is 12.8. The molecule has 2 aromatic rings. The van der Waals surface area contributed by atoms with Gasteiger partial charge in [-0.1, -0.05) is 32.0 Å². The topological polar surface area (TPSA) is 62.5 Å². The molecule has 0 bridgehead atoms. The third-order valence-corrected chi connectivity index (χ3v) is 3.67. The highest BCUT2D eigenvalue weighted by atomic mass is 16.4. The van der Waals surface area contributed by atoms with Crippen LogP contribution in [0.1, 0.15) is 49.7 Å². The number of carbonyl (C=O) groups is 1. The average Bonchev–Trinajstić information content (AvgIpc) is 2.81. The molecule has 21 heavy (non-hydrogen) atoms. The van der Waals surface area contributed by atoms with Crippen molar-refractivity contribution in [3.8, 4) is 0 Å². The van der Waals surface area contributed by atoms with Gasteiger partial charge in [0.15, 0.2) is 0 Å². The lowest BCUT2D eigenvalue weighted by Gasteiger charge is -2.14. The Bertz CT molecular complexity index is 616. The molecule has 1 aromatic carbocycles. The summed E-state index contributed by atoms with van der Waals surface area (Å²) in [6, 6.07) is 7.59. The predicted octanol–water partition coefficient (Wildman–Crippen LogP) is 4.05. The van der Waals surface area contributed by atoms with E-state index in [9.17, 15) is 9.90 Å². The quantitative estimate of drug-likeness (QED) is 0.807. The molecule has 1 atom stereocenters. The summed E-state index contributed by atoms with van der Waals surface area (Å²) in [6.07, 6.45) is 2.22. The molecule has 0 saturated carbocycles. The number of nitrogens with one attached hydrogen (secondary N) is 1. The van der Waals surface area contributed by atoms with Crippen molar-refractivity contribution in [3.05, 3.63) is 35.6 Å². The number of furan rings is 1. The van der Waals surface area contributed by atoms with E-state index in [-0.39, 0.29) is 5.56 Å². The molecule has 2 rings (SSSR count). The third-order valence-electron chi connectivity index (χ3n) is 3.67. The van der Waals surface area contributed by atoms with E-state index < -0.39 is 5.97 Å². The Kier molecular flexibility index (Phi) is 5.02. The minimum absolute atomic E-state index is 0.272. The monoisotopic (exact) mass is 289 g/mol. The predicted molar refractivity (Wildman–Crippen MR) is 83.5 cm³/mol. The van der Waals surface area contributed by atoms with Gasteiger partial charge in [0.1, 0.15) is 16.9 Å². The largest absolute Gasteiger partial charge is 0.478 e. The van der Waals surface area contributed by atoms with Crippen molar-refractivity contribution in [1.29, 1.82) is 0 Å².